The fourth-order valence-corrected chi connectivity index (χ4v) is 2.20. The van der Waals surface area contributed by atoms with E-state index in [2.05, 4.69) is 18.5 Å². The first-order valence-corrected chi connectivity index (χ1v) is 7.69. The molecule has 0 saturated carbocycles. The molecule has 0 aliphatic rings. The van der Waals surface area contributed by atoms with Crippen LogP contribution >= 0.6 is 0 Å². The standard InChI is InChI=1S/C19H21N3O3.H2/c1-5-15(6-2)11-21(4)17-9-7-16(8-10-17)18-12-22(25-19(18)24)13-20-14(3)23;/h5-12H,1-2,13H2,3-4H3,(H,20,23);1H. The molecule has 0 aliphatic carbocycles. The van der Waals surface area contributed by atoms with Gasteiger partial charge in [0.1, 0.15) is 6.67 Å². The zero-order chi connectivity index (χ0) is 18.4. The molecule has 0 unspecified atom stereocenters. The van der Waals surface area contributed by atoms with E-state index in [4.69, 9.17) is 4.52 Å². The molecule has 0 saturated heterocycles. The second-order valence-electron chi connectivity index (χ2n) is 5.42. The highest BCUT2D eigenvalue weighted by Gasteiger charge is 2.10. The highest BCUT2D eigenvalue weighted by Crippen LogP contribution is 2.21. The number of benzene rings is 1. The first-order chi connectivity index (χ1) is 11.9. The van der Waals surface area contributed by atoms with E-state index >= 15 is 0 Å². The normalized spacial score (nSPS) is 10.0. The van der Waals surface area contributed by atoms with Gasteiger partial charge in [-0.2, -0.15) is 4.74 Å². The molecule has 1 heterocycles. The van der Waals surface area contributed by atoms with Crippen molar-refractivity contribution in [2.24, 2.45) is 0 Å². The number of allylic oxidation sites excluding steroid dienone is 3. The number of carbonyl (C=O) groups excluding carboxylic acids is 1. The molecule has 2 aromatic rings. The Morgan fingerprint density at radius 1 is 1.32 bits per heavy atom. The second kappa shape index (κ2) is 8.01. The lowest BCUT2D eigenvalue weighted by Crippen LogP contribution is -2.22. The van der Waals surface area contributed by atoms with Crippen LogP contribution in [-0.2, 0) is 11.5 Å². The lowest BCUT2D eigenvalue weighted by Gasteiger charge is -2.15. The number of amides is 1. The minimum absolute atomic E-state index is 0. The quantitative estimate of drug-likeness (QED) is 0.786. The molecule has 1 aromatic carbocycles. The molecular formula is C19H23N3O3. The van der Waals surface area contributed by atoms with Crippen molar-refractivity contribution in [2.75, 3.05) is 11.9 Å². The Labute approximate surface area is 147 Å². The predicted molar refractivity (Wildman–Crippen MR) is 101 cm³/mol. The number of anilines is 1. The monoisotopic (exact) mass is 341 g/mol. The molecule has 0 fully saturated rings. The number of hydrogen-bond donors (Lipinski definition) is 1. The van der Waals surface area contributed by atoms with E-state index in [1.54, 1.807) is 18.3 Å². The molecule has 6 nitrogen and oxygen atoms in total. The smallest absolute Gasteiger partial charge is 0.350 e. The van der Waals surface area contributed by atoms with Gasteiger partial charge in [-0.1, -0.05) is 37.4 Å². The van der Waals surface area contributed by atoms with Gasteiger partial charge in [-0.05, 0) is 23.3 Å². The van der Waals surface area contributed by atoms with Crippen LogP contribution in [0.5, 0.6) is 0 Å². The Morgan fingerprint density at radius 2 is 1.96 bits per heavy atom. The molecule has 0 atom stereocenters. The van der Waals surface area contributed by atoms with Crippen LogP contribution in [0.15, 0.2) is 76.9 Å². The van der Waals surface area contributed by atoms with Crippen molar-refractivity contribution < 1.29 is 10.7 Å². The Hall–Kier alpha value is -3.28. The van der Waals surface area contributed by atoms with E-state index in [1.807, 2.05) is 42.4 Å². The Balaban J connectivity index is 0.00000338. The maximum absolute atomic E-state index is 12.0. The average molecular weight is 341 g/mol. The minimum Gasteiger partial charge on any atom is -0.350 e. The van der Waals surface area contributed by atoms with Crippen LogP contribution in [0.2, 0.25) is 0 Å². The van der Waals surface area contributed by atoms with Gasteiger partial charge in [0.05, 0.1) is 11.8 Å². The Bertz CT molecular complexity index is 853. The summed E-state index contributed by atoms with van der Waals surface area (Å²) >= 11 is 0. The second-order valence-corrected chi connectivity index (χ2v) is 5.42. The summed E-state index contributed by atoms with van der Waals surface area (Å²) in [4.78, 5) is 24.9. The molecular weight excluding hydrogens is 318 g/mol. The molecule has 0 spiro atoms. The zero-order valence-electron chi connectivity index (χ0n) is 14.4. The Morgan fingerprint density at radius 3 is 2.52 bits per heavy atom. The summed E-state index contributed by atoms with van der Waals surface area (Å²) < 4.78 is 6.38. The molecule has 2 rings (SSSR count). The molecule has 1 N–H and O–H groups in total. The van der Waals surface area contributed by atoms with Gasteiger partial charge >= 0.3 is 5.63 Å². The minimum atomic E-state index is -0.452. The van der Waals surface area contributed by atoms with Crippen molar-refractivity contribution in [2.45, 2.75) is 13.6 Å². The van der Waals surface area contributed by atoms with Gasteiger partial charge in [-0.15, -0.1) is 0 Å². The van der Waals surface area contributed by atoms with Gasteiger partial charge in [0.15, 0.2) is 0 Å². The van der Waals surface area contributed by atoms with Crippen LogP contribution in [0, 0.1) is 0 Å². The number of aromatic nitrogens is 1. The number of nitrogens with one attached hydrogen (secondary N) is 1. The number of carbonyl (C=O) groups is 1. The number of rotatable bonds is 7. The third kappa shape index (κ3) is 4.60. The van der Waals surface area contributed by atoms with E-state index in [-0.39, 0.29) is 14.0 Å². The number of hydrogen-bond acceptors (Lipinski definition) is 4. The summed E-state index contributed by atoms with van der Waals surface area (Å²) in [6.07, 6.45) is 6.93. The van der Waals surface area contributed by atoms with Crippen LogP contribution in [-0.4, -0.2) is 17.7 Å². The predicted octanol–water partition coefficient (Wildman–Crippen LogP) is 3.14. The molecule has 25 heavy (non-hydrogen) atoms. The first-order valence-electron chi connectivity index (χ1n) is 7.69. The van der Waals surface area contributed by atoms with Crippen molar-refractivity contribution >= 4 is 11.6 Å². The summed E-state index contributed by atoms with van der Waals surface area (Å²) in [5, 5.41) is 2.57. The Kier molecular flexibility index (Phi) is 5.79. The van der Waals surface area contributed by atoms with Gasteiger partial charge in [-0.25, -0.2) is 4.79 Å². The van der Waals surface area contributed by atoms with E-state index in [1.165, 1.54) is 11.7 Å². The van der Waals surface area contributed by atoms with E-state index in [0.717, 1.165) is 16.8 Å². The van der Waals surface area contributed by atoms with Gasteiger partial charge < -0.3 is 14.7 Å². The van der Waals surface area contributed by atoms with Crippen molar-refractivity contribution in [3.05, 3.63) is 78.0 Å². The highest BCUT2D eigenvalue weighted by molar-refractivity contribution is 5.72. The van der Waals surface area contributed by atoms with Crippen LogP contribution in [0.4, 0.5) is 5.69 Å². The van der Waals surface area contributed by atoms with Crippen molar-refractivity contribution in [1.29, 1.82) is 0 Å². The molecule has 0 radical (unpaired) electrons. The van der Waals surface area contributed by atoms with Crippen molar-refractivity contribution in [3.8, 4) is 11.1 Å². The first kappa shape index (κ1) is 18.1. The van der Waals surface area contributed by atoms with E-state index in [0.29, 0.717) is 5.56 Å². The fraction of sp³-hybridized carbons (Fsp3) is 0.158. The van der Waals surface area contributed by atoms with E-state index in [9.17, 15) is 9.59 Å². The van der Waals surface area contributed by atoms with Crippen LogP contribution < -0.4 is 15.8 Å². The van der Waals surface area contributed by atoms with Gasteiger partial charge in [0, 0.05) is 27.3 Å². The average Bonchev–Trinajstić information content (AvgIpc) is 2.98. The summed E-state index contributed by atoms with van der Waals surface area (Å²) in [6, 6.07) is 7.49. The number of nitrogens with zero attached hydrogens (tertiary/aromatic N) is 2. The molecule has 6 heteroatoms. The van der Waals surface area contributed by atoms with Crippen LogP contribution in [0.25, 0.3) is 11.1 Å². The largest absolute Gasteiger partial charge is 0.365 e. The maximum atomic E-state index is 12.0. The molecule has 1 amide bonds. The lowest BCUT2D eigenvalue weighted by atomic mass is 10.1. The molecule has 132 valence electrons. The van der Waals surface area contributed by atoms with Crippen molar-refractivity contribution in [3.63, 3.8) is 0 Å². The van der Waals surface area contributed by atoms with Gasteiger partial charge in [-0.3, -0.25) is 4.79 Å². The third-order valence-corrected chi connectivity index (χ3v) is 3.58. The summed E-state index contributed by atoms with van der Waals surface area (Å²) in [5.41, 5.74) is 2.58. The topological polar surface area (TPSA) is 67.5 Å². The van der Waals surface area contributed by atoms with Crippen LogP contribution in [0.1, 0.15) is 8.35 Å². The SMILES string of the molecule is C=CC(C=C)=CN(C)c1ccc(-c2cn(CNC(C)=O)oc2=O)cc1.[HH]. The van der Waals surface area contributed by atoms with Gasteiger partial charge in [0.25, 0.3) is 0 Å². The summed E-state index contributed by atoms with van der Waals surface area (Å²) in [5.74, 6) is -0.197. The molecule has 0 bridgehead atoms. The lowest BCUT2D eigenvalue weighted by molar-refractivity contribution is -0.119. The molecule has 1 aromatic heterocycles. The highest BCUT2D eigenvalue weighted by atomic mass is 16.5. The van der Waals surface area contributed by atoms with Crippen molar-refractivity contribution in [1.82, 2.24) is 10.1 Å². The summed E-state index contributed by atoms with van der Waals surface area (Å²) in [7, 11) is 1.92. The third-order valence-electron chi connectivity index (χ3n) is 3.58. The zero-order valence-corrected chi connectivity index (χ0v) is 14.4. The molecule has 0 aliphatic heterocycles. The van der Waals surface area contributed by atoms with E-state index < -0.39 is 5.63 Å². The fourth-order valence-electron chi connectivity index (χ4n) is 2.20. The van der Waals surface area contributed by atoms with Gasteiger partial charge in [0.2, 0.25) is 5.91 Å². The van der Waals surface area contributed by atoms with Crippen LogP contribution in [0.3, 0.4) is 0 Å². The summed E-state index contributed by atoms with van der Waals surface area (Å²) in [6.45, 7) is 8.97. The maximum Gasteiger partial charge on any atom is 0.365 e.